The standard InChI is InChI=1S/C18H19N7O/c1-10(7-19)18(26)24-12-4-6-25(9-12)17-15-13-3-5-20-16(13)21-8-14(15)22-11(2)23-17/h3,5,8,10,12H,4,6,9H2,1-2H3,(H,22,23)(H,24,26). The van der Waals surface area contributed by atoms with Gasteiger partial charge in [0.05, 0.1) is 23.2 Å². The van der Waals surface area contributed by atoms with Gasteiger partial charge in [-0.3, -0.25) is 4.79 Å². The number of carbonyl (C=O) groups is 1. The number of pyridine rings is 1. The van der Waals surface area contributed by atoms with Gasteiger partial charge in [0.15, 0.2) is 5.65 Å². The van der Waals surface area contributed by atoms with Gasteiger partial charge in [-0.2, -0.15) is 5.26 Å². The van der Waals surface area contributed by atoms with E-state index in [1.165, 1.54) is 0 Å². The number of nitrogens with one attached hydrogen (secondary N) is 2. The summed E-state index contributed by atoms with van der Waals surface area (Å²) in [4.78, 5) is 30.8. The van der Waals surface area contributed by atoms with Crippen molar-refractivity contribution in [1.82, 2.24) is 25.3 Å². The van der Waals surface area contributed by atoms with Gasteiger partial charge in [0, 0.05) is 30.7 Å². The Morgan fingerprint density at radius 2 is 2.35 bits per heavy atom. The summed E-state index contributed by atoms with van der Waals surface area (Å²) in [6.45, 7) is 4.97. The molecule has 0 aliphatic carbocycles. The van der Waals surface area contributed by atoms with Crippen LogP contribution in [0, 0.1) is 24.2 Å². The zero-order valence-electron chi connectivity index (χ0n) is 14.7. The number of nitrogens with zero attached hydrogens (tertiary/aromatic N) is 5. The monoisotopic (exact) mass is 349 g/mol. The molecule has 26 heavy (non-hydrogen) atoms. The maximum atomic E-state index is 12.0. The Balaban J connectivity index is 1.68. The van der Waals surface area contributed by atoms with E-state index in [-0.39, 0.29) is 11.9 Å². The number of aryl methyl sites for hydroxylation is 1. The van der Waals surface area contributed by atoms with Gasteiger partial charge in [0.1, 0.15) is 17.6 Å². The van der Waals surface area contributed by atoms with Crippen LogP contribution in [0.1, 0.15) is 19.2 Å². The van der Waals surface area contributed by atoms with Gasteiger partial charge < -0.3 is 15.2 Å². The smallest absolute Gasteiger partial charge is 0.237 e. The first kappa shape index (κ1) is 16.3. The molecular formula is C18H19N7O. The van der Waals surface area contributed by atoms with Crippen LogP contribution < -0.4 is 10.2 Å². The van der Waals surface area contributed by atoms with Gasteiger partial charge in [0.2, 0.25) is 5.91 Å². The number of hydrogen-bond acceptors (Lipinski definition) is 6. The van der Waals surface area contributed by atoms with Crippen molar-refractivity contribution in [3.8, 4) is 6.07 Å². The van der Waals surface area contributed by atoms with E-state index in [9.17, 15) is 4.79 Å². The molecule has 0 spiro atoms. The number of rotatable bonds is 3. The lowest BCUT2D eigenvalue weighted by molar-refractivity contribution is -0.123. The normalized spacial score (nSPS) is 18.2. The molecule has 8 heteroatoms. The number of carbonyl (C=O) groups excluding carboxylic acids is 1. The largest absolute Gasteiger partial charge is 0.354 e. The Morgan fingerprint density at radius 3 is 3.15 bits per heavy atom. The van der Waals surface area contributed by atoms with Crippen LogP contribution in [-0.4, -0.2) is 45.0 Å². The third-order valence-electron chi connectivity index (χ3n) is 4.77. The van der Waals surface area contributed by atoms with Crippen molar-refractivity contribution in [3.63, 3.8) is 0 Å². The topological polar surface area (TPSA) is 111 Å². The second-order valence-corrected chi connectivity index (χ2v) is 6.67. The molecule has 0 radical (unpaired) electrons. The zero-order chi connectivity index (χ0) is 18.3. The fourth-order valence-electron chi connectivity index (χ4n) is 3.42. The summed E-state index contributed by atoms with van der Waals surface area (Å²) < 4.78 is 0. The van der Waals surface area contributed by atoms with Crippen LogP contribution in [0.4, 0.5) is 5.82 Å². The first-order valence-electron chi connectivity index (χ1n) is 8.62. The molecule has 3 aromatic rings. The van der Waals surface area contributed by atoms with Crippen molar-refractivity contribution in [2.45, 2.75) is 26.3 Å². The minimum absolute atomic E-state index is 0.00903. The molecule has 2 atom stereocenters. The molecule has 0 saturated carbocycles. The lowest BCUT2D eigenvalue weighted by Crippen LogP contribution is -2.39. The van der Waals surface area contributed by atoms with Crippen LogP contribution in [0.5, 0.6) is 0 Å². The van der Waals surface area contributed by atoms with Crippen molar-refractivity contribution in [1.29, 1.82) is 5.26 Å². The van der Waals surface area contributed by atoms with E-state index in [2.05, 4.69) is 25.2 Å². The summed E-state index contributed by atoms with van der Waals surface area (Å²) in [6.07, 6.45) is 4.35. The van der Waals surface area contributed by atoms with Gasteiger partial charge in [-0.15, -0.1) is 0 Å². The fraction of sp³-hybridized carbons (Fsp3) is 0.389. The van der Waals surface area contributed by atoms with Gasteiger partial charge >= 0.3 is 0 Å². The molecule has 0 bridgehead atoms. The van der Waals surface area contributed by atoms with Crippen molar-refractivity contribution in [2.24, 2.45) is 5.92 Å². The number of anilines is 1. The van der Waals surface area contributed by atoms with Gasteiger partial charge in [-0.05, 0) is 26.3 Å². The molecule has 0 aromatic carbocycles. The maximum absolute atomic E-state index is 12.0. The first-order valence-corrected chi connectivity index (χ1v) is 8.62. The third kappa shape index (κ3) is 2.71. The van der Waals surface area contributed by atoms with Crippen LogP contribution >= 0.6 is 0 Å². The number of fused-ring (bicyclic) bond motifs is 3. The molecule has 4 heterocycles. The summed E-state index contributed by atoms with van der Waals surface area (Å²) in [7, 11) is 0. The van der Waals surface area contributed by atoms with E-state index in [1.807, 2.05) is 19.1 Å². The minimum Gasteiger partial charge on any atom is -0.354 e. The van der Waals surface area contributed by atoms with E-state index in [1.54, 1.807) is 19.3 Å². The predicted molar refractivity (Wildman–Crippen MR) is 97.5 cm³/mol. The molecule has 132 valence electrons. The maximum Gasteiger partial charge on any atom is 0.237 e. The quantitative estimate of drug-likeness (QED) is 0.744. The molecule has 1 fully saturated rings. The highest BCUT2D eigenvalue weighted by molar-refractivity contribution is 6.09. The minimum atomic E-state index is -0.641. The van der Waals surface area contributed by atoms with Crippen LogP contribution in [0.25, 0.3) is 21.9 Å². The average molecular weight is 349 g/mol. The van der Waals surface area contributed by atoms with E-state index in [0.717, 1.165) is 40.9 Å². The van der Waals surface area contributed by atoms with Crippen LogP contribution in [0.2, 0.25) is 0 Å². The van der Waals surface area contributed by atoms with Crippen molar-refractivity contribution < 1.29 is 4.79 Å². The highest BCUT2D eigenvalue weighted by Gasteiger charge is 2.28. The Kier molecular flexibility index (Phi) is 3.92. The van der Waals surface area contributed by atoms with Gasteiger partial charge in [0.25, 0.3) is 0 Å². The first-order chi connectivity index (χ1) is 12.6. The summed E-state index contributed by atoms with van der Waals surface area (Å²) in [5.41, 5.74) is 1.61. The van der Waals surface area contributed by atoms with E-state index < -0.39 is 5.92 Å². The highest BCUT2D eigenvalue weighted by Crippen LogP contribution is 2.31. The number of hydrogen-bond donors (Lipinski definition) is 2. The van der Waals surface area contributed by atoms with Crippen molar-refractivity contribution in [3.05, 3.63) is 24.3 Å². The van der Waals surface area contributed by atoms with Crippen molar-refractivity contribution >= 4 is 33.7 Å². The van der Waals surface area contributed by atoms with Crippen LogP contribution in [-0.2, 0) is 4.79 Å². The molecule has 8 nitrogen and oxygen atoms in total. The lowest BCUT2D eigenvalue weighted by atomic mass is 10.1. The second kappa shape index (κ2) is 6.26. The molecule has 1 amide bonds. The molecule has 1 aliphatic rings. The molecule has 1 aliphatic heterocycles. The summed E-state index contributed by atoms with van der Waals surface area (Å²) in [5.74, 6) is 0.819. The number of amides is 1. The number of H-pyrrole nitrogens is 1. The van der Waals surface area contributed by atoms with E-state index in [4.69, 9.17) is 10.2 Å². The van der Waals surface area contributed by atoms with Gasteiger partial charge in [-0.1, -0.05) is 0 Å². The fourth-order valence-corrected chi connectivity index (χ4v) is 3.42. The molecule has 3 aromatic heterocycles. The third-order valence-corrected chi connectivity index (χ3v) is 4.77. The average Bonchev–Trinajstić information content (AvgIpc) is 3.29. The number of nitriles is 1. The van der Waals surface area contributed by atoms with Gasteiger partial charge in [-0.25, -0.2) is 15.0 Å². The summed E-state index contributed by atoms with van der Waals surface area (Å²) in [6, 6.07) is 3.93. The SMILES string of the molecule is Cc1nc(N2CCC(NC(=O)C(C)C#N)C2)c2c(cnc3nccc32)[nH]1. The van der Waals surface area contributed by atoms with E-state index >= 15 is 0 Å². The summed E-state index contributed by atoms with van der Waals surface area (Å²) in [5, 5.41) is 13.8. The van der Waals surface area contributed by atoms with Crippen LogP contribution in [0.3, 0.4) is 0 Å². The van der Waals surface area contributed by atoms with Crippen molar-refractivity contribution in [2.75, 3.05) is 18.0 Å². The predicted octanol–water partition coefficient (Wildman–Crippen LogP) is 1.67. The Morgan fingerprint density at radius 1 is 1.50 bits per heavy atom. The van der Waals surface area contributed by atoms with Crippen LogP contribution in [0.15, 0.2) is 18.5 Å². The lowest BCUT2D eigenvalue weighted by Gasteiger charge is -2.21. The molecule has 2 N–H and O–H groups in total. The summed E-state index contributed by atoms with van der Waals surface area (Å²) >= 11 is 0. The highest BCUT2D eigenvalue weighted by atomic mass is 16.1. The Bertz CT molecular complexity index is 1040. The number of aromatic nitrogens is 4. The molecule has 1 saturated heterocycles. The Hall–Kier alpha value is -3.21. The number of aromatic amines is 1. The molecular weight excluding hydrogens is 330 g/mol. The molecule has 4 rings (SSSR count). The second-order valence-electron chi connectivity index (χ2n) is 6.67. The molecule has 2 unspecified atom stereocenters. The Labute approximate surface area is 150 Å². The van der Waals surface area contributed by atoms with E-state index in [0.29, 0.717) is 12.2 Å². The zero-order valence-corrected chi connectivity index (χ0v) is 14.7.